The van der Waals surface area contributed by atoms with E-state index in [1.165, 1.54) is 6.92 Å². The zero-order valence-electron chi connectivity index (χ0n) is 25.9. The molecule has 0 aliphatic heterocycles. The van der Waals surface area contributed by atoms with Crippen LogP contribution in [0.1, 0.15) is 94.4 Å². The Labute approximate surface area is 243 Å². The smallest absolute Gasteiger partial charge is 0.349 e. The van der Waals surface area contributed by atoms with E-state index in [0.29, 0.717) is 6.42 Å². The molecular formula is C27H51N4O9P. The van der Waals surface area contributed by atoms with Gasteiger partial charge in [0.15, 0.2) is 0 Å². The van der Waals surface area contributed by atoms with Crippen LogP contribution in [-0.4, -0.2) is 63.6 Å². The van der Waals surface area contributed by atoms with Crippen LogP contribution in [0.25, 0.3) is 0 Å². The van der Waals surface area contributed by atoms with Crippen LogP contribution in [0.2, 0.25) is 0 Å². The normalized spacial score (nSPS) is 14.9. The Kier molecular flexibility index (Phi) is 17.2. The summed E-state index contributed by atoms with van der Waals surface area (Å²) in [5.41, 5.74) is 0. The summed E-state index contributed by atoms with van der Waals surface area (Å²) in [6.07, 6.45) is -0.935. The van der Waals surface area contributed by atoms with Crippen molar-refractivity contribution in [1.82, 2.24) is 21.3 Å². The van der Waals surface area contributed by atoms with Gasteiger partial charge in [-0.2, -0.15) is 0 Å². The van der Waals surface area contributed by atoms with E-state index in [1.54, 1.807) is 13.8 Å². The Morgan fingerprint density at radius 3 is 1.73 bits per heavy atom. The third kappa shape index (κ3) is 17.9. The highest BCUT2D eigenvalue weighted by Gasteiger charge is 2.35. The van der Waals surface area contributed by atoms with Crippen LogP contribution in [0.5, 0.6) is 0 Å². The van der Waals surface area contributed by atoms with Crippen LogP contribution in [0.4, 0.5) is 0 Å². The third-order valence-corrected chi connectivity index (χ3v) is 6.55. The molecular weight excluding hydrogens is 555 g/mol. The molecule has 0 aromatic rings. The van der Waals surface area contributed by atoms with Gasteiger partial charge in [0.1, 0.15) is 12.1 Å². The lowest BCUT2D eigenvalue weighted by Gasteiger charge is -2.32. The van der Waals surface area contributed by atoms with Crippen LogP contribution in [0, 0.1) is 23.7 Å². The van der Waals surface area contributed by atoms with Crippen molar-refractivity contribution in [1.29, 1.82) is 0 Å². The summed E-state index contributed by atoms with van der Waals surface area (Å²) in [4.78, 5) is 81.9. The number of carbonyl (C=O) groups excluding carboxylic acids is 5. The second-order valence-corrected chi connectivity index (χ2v) is 13.3. The maximum atomic E-state index is 13.3. The predicted octanol–water partition coefficient (Wildman–Crippen LogP) is 2.16. The van der Waals surface area contributed by atoms with Crippen molar-refractivity contribution < 1.29 is 42.8 Å². The van der Waals surface area contributed by atoms with Crippen LogP contribution < -0.4 is 21.3 Å². The molecule has 13 nitrogen and oxygen atoms in total. The number of phosphoric ester groups is 1. The fourth-order valence-corrected chi connectivity index (χ4v) is 4.50. The molecule has 0 radical (unpaired) electrons. The van der Waals surface area contributed by atoms with Gasteiger partial charge in [0.25, 0.3) is 0 Å². The van der Waals surface area contributed by atoms with Gasteiger partial charge in [-0.05, 0) is 43.4 Å². The molecule has 4 atom stereocenters. The van der Waals surface area contributed by atoms with Crippen molar-refractivity contribution in [2.24, 2.45) is 23.7 Å². The van der Waals surface area contributed by atoms with E-state index in [2.05, 4.69) is 21.3 Å². The second-order valence-electron chi connectivity index (χ2n) is 12.1. The Balaban J connectivity index is 5.73. The molecule has 0 aromatic heterocycles. The van der Waals surface area contributed by atoms with Gasteiger partial charge in [-0.15, -0.1) is 0 Å². The second kappa shape index (κ2) is 18.3. The summed E-state index contributed by atoms with van der Waals surface area (Å²) in [6, 6.07) is -3.08. The number of phosphoric acid groups is 1. The summed E-state index contributed by atoms with van der Waals surface area (Å²) in [5.74, 6) is -2.95. The zero-order valence-corrected chi connectivity index (χ0v) is 26.7. The van der Waals surface area contributed by atoms with E-state index in [1.807, 2.05) is 41.5 Å². The molecule has 0 fully saturated rings. The molecule has 0 bridgehead atoms. The van der Waals surface area contributed by atoms with Crippen LogP contribution in [0.15, 0.2) is 0 Å². The number of hydrogen-bond acceptors (Lipinski definition) is 7. The molecule has 0 aromatic carbocycles. The first kappa shape index (κ1) is 38.7. The van der Waals surface area contributed by atoms with E-state index in [4.69, 9.17) is 4.52 Å². The summed E-state index contributed by atoms with van der Waals surface area (Å²) >= 11 is 0. The zero-order chi connectivity index (χ0) is 32.1. The lowest BCUT2D eigenvalue weighted by Crippen LogP contribution is -2.55. The van der Waals surface area contributed by atoms with Crippen molar-refractivity contribution in [2.45, 2.75) is 119 Å². The molecule has 0 aliphatic rings. The van der Waals surface area contributed by atoms with Crippen molar-refractivity contribution in [3.8, 4) is 0 Å². The molecule has 0 aliphatic carbocycles. The highest BCUT2D eigenvalue weighted by molar-refractivity contribution is 7.46. The SMILES string of the molecule is CC(C)CCC(=O)NC(=O)[C@@H](C)NC(=O)CC(OP(=O)(O)O)[C@H](CC(C)C)NC(=O)[C@@H](NC(=O)CC(C)C)C(C)C. The van der Waals surface area contributed by atoms with Gasteiger partial charge < -0.3 is 25.7 Å². The molecule has 0 heterocycles. The molecule has 0 saturated heterocycles. The molecule has 0 spiro atoms. The minimum absolute atomic E-state index is 0.0711. The van der Waals surface area contributed by atoms with Crippen molar-refractivity contribution in [3.63, 3.8) is 0 Å². The van der Waals surface area contributed by atoms with Crippen molar-refractivity contribution in [3.05, 3.63) is 0 Å². The summed E-state index contributed by atoms with van der Waals surface area (Å²) in [7, 11) is -5.11. The fraction of sp³-hybridized carbons (Fsp3) is 0.815. The Morgan fingerprint density at radius 2 is 1.27 bits per heavy atom. The average molecular weight is 607 g/mol. The number of amides is 5. The van der Waals surface area contributed by atoms with Crippen molar-refractivity contribution in [2.75, 3.05) is 0 Å². The first-order valence-electron chi connectivity index (χ1n) is 14.2. The van der Waals surface area contributed by atoms with Gasteiger partial charge in [0.05, 0.1) is 18.6 Å². The molecule has 1 unspecified atom stereocenters. The van der Waals surface area contributed by atoms with Crippen LogP contribution >= 0.6 is 7.82 Å². The van der Waals surface area contributed by atoms with Gasteiger partial charge in [-0.3, -0.25) is 33.8 Å². The average Bonchev–Trinajstić information content (AvgIpc) is 2.78. The molecule has 6 N–H and O–H groups in total. The van der Waals surface area contributed by atoms with E-state index < -0.39 is 62.1 Å². The Morgan fingerprint density at radius 1 is 0.707 bits per heavy atom. The highest BCUT2D eigenvalue weighted by atomic mass is 31.2. The lowest BCUT2D eigenvalue weighted by molar-refractivity contribution is -0.134. The standard InChI is InChI=1S/C27H51N4O9P/c1-15(2)10-11-22(32)31-26(35)19(9)28-24(34)14-21(40-41(37,38)39)20(12-16(3)4)29-27(36)25(18(7)8)30-23(33)13-17(5)6/h15-21,25H,10-14H2,1-9H3,(H,28,34)(H,29,36)(H,30,33)(H,31,32,35)(H2,37,38,39)/t19-,20+,21?,25+/m1/s1. The van der Waals surface area contributed by atoms with Crippen molar-refractivity contribution >= 4 is 37.4 Å². The largest absolute Gasteiger partial charge is 0.469 e. The summed E-state index contributed by atoms with van der Waals surface area (Å²) in [5, 5.41) is 10.0. The van der Waals surface area contributed by atoms with Gasteiger partial charge in [0.2, 0.25) is 29.5 Å². The van der Waals surface area contributed by atoms with Gasteiger partial charge in [-0.25, -0.2) is 4.57 Å². The van der Waals surface area contributed by atoms with E-state index in [-0.39, 0.29) is 48.8 Å². The molecule has 0 saturated carbocycles. The predicted molar refractivity (Wildman–Crippen MR) is 154 cm³/mol. The molecule has 0 rings (SSSR count). The van der Waals surface area contributed by atoms with Crippen LogP contribution in [-0.2, 0) is 33.1 Å². The van der Waals surface area contributed by atoms with E-state index in [9.17, 15) is 38.3 Å². The van der Waals surface area contributed by atoms with E-state index >= 15 is 0 Å². The number of imide groups is 1. The third-order valence-electron chi connectivity index (χ3n) is 6.00. The molecule has 5 amide bonds. The monoisotopic (exact) mass is 606 g/mol. The topological polar surface area (TPSA) is 200 Å². The molecule has 14 heteroatoms. The Bertz CT molecular complexity index is 934. The number of rotatable bonds is 18. The maximum absolute atomic E-state index is 13.3. The maximum Gasteiger partial charge on any atom is 0.469 e. The molecule has 238 valence electrons. The lowest BCUT2D eigenvalue weighted by atomic mass is 9.95. The first-order chi connectivity index (χ1) is 18.7. The van der Waals surface area contributed by atoms with Gasteiger partial charge in [0, 0.05) is 12.8 Å². The number of hydrogen-bond donors (Lipinski definition) is 6. The number of carbonyl (C=O) groups is 5. The van der Waals surface area contributed by atoms with Gasteiger partial charge >= 0.3 is 7.82 Å². The van der Waals surface area contributed by atoms with Crippen LogP contribution in [0.3, 0.4) is 0 Å². The Hall–Kier alpha value is -2.34. The fourth-order valence-electron chi connectivity index (χ4n) is 3.93. The number of nitrogens with one attached hydrogen (secondary N) is 4. The first-order valence-corrected chi connectivity index (χ1v) is 15.7. The minimum Gasteiger partial charge on any atom is -0.349 e. The molecule has 41 heavy (non-hydrogen) atoms. The quantitative estimate of drug-likeness (QED) is 0.127. The summed E-state index contributed by atoms with van der Waals surface area (Å²) in [6.45, 7) is 16.1. The minimum atomic E-state index is -5.11. The van der Waals surface area contributed by atoms with E-state index in [0.717, 1.165) is 0 Å². The highest BCUT2D eigenvalue weighted by Crippen LogP contribution is 2.39. The summed E-state index contributed by atoms with van der Waals surface area (Å²) < 4.78 is 16.8. The van der Waals surface area contributed by atoms with Gasteiger partial charge in [-0.1, -0.05) is 55.4 Å².